The SMILES string of the molecule is CN(CC(F)F)c1cccc(Cl)c1[N+](=O)[O-]. The van der Waals surface area contributed by atoms with Crippen LogP contribution < -0.4 is 4.90 Å². The van der Waals surface area contributed by atoms with Crippen LogP contribution in [0.15, 0.2) is 18.2 Å². The minimum absolute atomic E-state index is 0.0661. The molecular weight excluding hydrogens is 242 g/mol. The molecule has 0 atom stereocenters. The summed E-state index contributed by atoms with van der Waals surface area (Å²) in [6, 6.07) is 4.21. The smallest absolute Gasteiger partial charge is 0.310 e. The van der Waals surface area contributed by atoms with Crippen LogP contribution in [0.1, 0.15) is 0 Å². The van der Waals surface area contributed by atoms with Crippen molar-refractivity contribution in [2.75, 3.05) is 18.5 Å². The molecule has 16 heavy (non-hydrogen) atoms. The molecule has 0 bridgehead atoms. The van der Waals surface area contributed by atoms with E-state index in [0.717, 1.165) is 4.90 Å². The van der Waals surface area contributed by atoms with Crippen LogP contribution >= 0.6 is 11.6 Å². The van der Waals surface area contributed by atoms with E-state index in [9.17, 15) is 18.9 Å². The zero-order valence-electron chi connectivity index (χ0n) is 8.36. The standard InChI is InChI=1S/C9H9ClF2N2O2/c1-13(5-8(11)12)7-4-2-3-6(10)9(7)14(15)16/h2-4,8H,5H2,1H3. The van der Waals surface area contributed by atoms with Gasteiger partial charge in [0.25, 0.3) is 6.43 Å². The van der Waals surface area contributed by atoms with Gasteiger partial charge < -0.3 is 4.90 Å². The molecule has 0 aliphatic rings. The van der Waals surface area contributed by atoms with Crippen LogP contribution in [0.2, 0.25) is 5.02 Å². The first-order valence-electron chi connectivity index (χ1n) is 4.35. The molecule has 0 aliphatic carbocycles. The fourth-order valence-corrected chi connectivity index (χ4v) is 1.54. The van der Waals surface area contributed by atoms with E-state index in [0.29, 0.717) is 0 Å². The average molecular weight is 251 g/mol. The lowest BCUT2D eigenvalue weighted by Crippen LogP contribution is -2.24. The molecular formula is C9H9ClF2N2O2. The van der Waals surface area contributed by atoms with Crippen molar-refractivity contribution in [3.05, 3.63) is 33.3 Å². The van der Waals surface area contributed by atoms with Crippen LogP contribution in [0, 0.1) is 10.1 Å². The number of benzene rings is 1. The molecule has 0 spiro atoms. The van der Waals surface area contributed by atoms with Crippen molar-refractivity contribution in [1.29, 1.82) is 0 Å². The third-order valence-electron chi connectivity index (χ3n) is 1.97. The van der Waals surface area contributed by atoms with Gasteiger partial charge >= 0.3 is 5.69 Å². The van der Waals surface area contributed by atoms with E-state index < -0.39 is 17.9 Å². The van der Waals surface area contributed by atoms with Gasteiger partial charge in [0, 0.05) is 7.05 Å². The fraction of sp³-hybridized carbons (Fsp3) is 0.333. The Morgan fingerprint density at radius 2 is 2.19 bits per heavy atom. The van der Waals surface area contributed by atoms with Gasteiger partial charge in [-0.1, -0.05) is 17.7 Å². The molecule has 1 aromatic carbocycles. The number of halogens is 3. The number of nitrogens with zero attached hydrogens (tertiary/aromatic N) is 2. The fourth-order valence-electron chi connectivity index (χ4n) is 1.30. The summed E-state index contributed by atoms with van der Waals surface area (Å²) in [6.45, 7) is -0.582. The highest BCUT2D eigenvalue weighted by Gasteiger charge is 2.22. The Kier molecular flexibility index (Phi) is 4.00. The highest BCUT2D eigenvalue weighted by atomic mass is 35.5. The summed E-state index contributed by atoms with van der Waals surface area (Å²) in [5.74, 6) is 0. The molecule has 4 nitrogen and oxygen atoms in total. The second kappa shape index (κ2) is 5.07. The second-order valence-electron chi connectivity index (χ2n) is 3.14. The molecule has 0 amide bonds. The second-order valence-corrected chi connectivity index (χ2v) is 3.54. The molecule has 0 N–H and O–H groups in total. The Hall–Kier alpha value is -1.43. The minimum Gasteiger partial charge on any atom is -0.363 e. The first kappa shape index (κ1) is 12.6. The number of hydrogen-bond acceptors (Lipinski definition) is 3. The van der Waals surface area contributed by atoms with Gasteiger partial charge in [-0.05, 0) is 12.1 Å². The topological polar surface area (TPSA) is 46.4 Å². The number of alkyl halides is 2. The van der Waals surface area contributed by atoms with Gasteiger partial charge in [-0.15, -0.1) is 0 Å². The number of hydrogen-bond donors (Lipinski definition) is 0. The maximum atomic E-state index is 12.2. The van der Waals surface area contributed by atoms with Crippen LogP contribution in [0.5, 0.6) is 0 Å². The Labute approximate surface area is 95.6 Å². The zero-order chi connectivity index (χ0) is 12.3. The van der Waals surface area contributed by atoms with Crippen molar-refractivity contribution in [3.63, 3.8) is 0 Å². The van der Waals surface area contributed by atoms with Crippen LogP contribution in [-0.2, 0) is 0 Å². The average Bonchev–Trinajstić information content (AvgIpc) is 2.15. The monoisotopic (exact) mass is 250 g/mol. The predicted molar refractivity (Wildman–Crippen MR) is 57.4 cm³/mol. The number of para-hydroxylation sites is 1. The van der Waals surface area contributed by atoms with Gasteiger partial charge in [-0.2, -0.15) is 0 Å². The number of rotatable bonds is 4. The molecule has 0 aromatic heterocycles. The molecule has 0 unspecified atom stereocenters. The van der Waals surface area contributed by atoms with E-state index in [-0.39, 0.29) is 16.4 Å². The van der Waals surface area contributed by atoms with E-state index in [1.807, 2.05) is 0 Å². The third-order valence-corrected chi connectivity index (χ3v) is 2.28. The van der Waals surface area contributed by atoms with Gasteiger partial charge in [0.15, 0.2) is 0 Å². The van der Waals surface area contributed by atoms with Crippen LogP contribution in [0.25, 0.3) is 0 Å². The Morgan fingerprint density at radius 1 is 1.56 bits per heavy atom. The maximum absolute atomic E-state index is 12.2. The predicted octanol–water partition coefficient (Wildman–Crippen LogP) is 2.95. The van der Waals surface area contributed by atoms with Crippen molar-refractivity contribution in [1.82, 2.24) is 0 Å². The third kappa shape index (κ3) is 2.79. The zero-order valence-corrected chi connectivity index (χ0v) is 9.12. The van der Waals surface area contributed by atoms with Gasteiger partial charge in [0.1, 0.15) is 10.7 Å². The lowest BCUT2D eigenvalue weighted by Gasteiger charge is -2.18. The molecule has 88 valence electrons. The molecule has 0 saturated heterocycles. The number of nitro groups is 1. The van der Waals surface area contributed by atoms with Crippen LogP contribution in [0.3, 0.4) is 0 Å². The molecule has 0 saturated carbocycles. The summed E-state index contributed by atoms with van der Waals surface area (Å²) >= 11 is 5.65. The van der Waals surface area contributed by atoms with Gasteiger partial charge in [-0.25, -0.2) is 8.78 Å². The van der Waals surface area contributed by atoms with Crippen molar-refractivity contribution in [3.8, 4) is 0 Å². The molecule has 1 rings (SSSR count). The first-order chi connectivity index (χ1) is 7.43. The van der Waals surface area contributed by atoms with Crippen LogP contribution in [0.4, 0.5) is 20.2 Å². The normalized spacial score (nSPS) is 10.6. The van der Waals surface area contributed by atoms with Crippen molar-refractivity contribution in [2.24, 2.45) is 0 Å². The largest absolute Gasteiger partial charge is 0.363 e. The first-order valence-corrected chi connectivity index (χ1v) is 4.73. The summed E-state index contributed by atoms with van der Waals surface area (Å²) in [6.07, 6.45) is -2.57. The van der Waals surface area contributed by atoms with E-state index >= 15 is 0 Å². The molecule has 1 aromatic rings. The van der Waals surface area contributed by atoms with E-state index in [2.05, 4.69) is 0 Å². The Balaban J connectivity index is 3.12. The summed E-state index contributed by atoms with van der Waals surface area (Å²) in [5, 5.41) is 10.7. The summed E-state index contributed by atoms with van der Waals surface area (Å²) < 4.78 is 24.3. The molecule has 7 heteroatoms. The molecule has 0 heterocycles. The summed E-state index contributed by atoms with van der Waals surface area (Å²) in [7, 11) is 1.35. The lowest BCUT2D eigenvalue weighted by molar-refractivity contribution is -0.384. The number of anilines is 1. The van der Waals surface area contributed by atoms with Crippen molar-refractivity contribution in [2.45, 2.75) is 6.43 Å². The van der Waals surface area contributed by atoms with Crippen LogP contribution in [-0.4, -0.2) is 24.9 Å². The Bertz CT molecular complexity index is 401. The minimum atomic E-state index is -2.57. The Morgan fingerprint density at radius 3 is 2.69 bits per heavy atom. The lowest BCUT2D eigenvalue weighted by atomic mass is 10.2. The van der Waals surface area contributed by atoms with Gasteiger partial charge in [0.2, 0.25) is 0 Å². The highest BCUT2D eigenvalue weighted by molar-refractivity contribution is 6.33. The molecule has 0 aliphatic heterocycles. The maximum Gasteiger partial charge on any atom is 0.310 e. The van der Waals surface area contributed by atoms with E-state index in [1.54, 1.807) is 0 Å². The van der Waals surface area contributed by atoms with Crippen molar-refractivity contribution >= 4 is 23.0 Å². The summed E-state index contributed by atoms with van der Waals surface area (Å²) in [4.78, 5) is 11.2. The molecule has 0 fully saturated rings. The van der Waals surface area contributed by atoms with Gasteiger partial charge in [-0.3, -0.25) is 10.1 Å². The number of nitro benzene ring substituents is 1. The quantitative estimate of drug-likeness (QED) is 0.610. The summed E-state index contributed by atoms with van der Waals surface area (Å²) in [5.41, 5.74) is -0.273. The van der Waals surface area contributed by atoms with E-state index in [1.165, 1.54) is 25.2 Å². The van der Waals surface area contributed by atoms with Gasteiger partial charge in [0.05, 0.1) is 11.5 Å². The van der Waals surface area contributed by atoms with Crippen molar-refractivity contribution < 1.29 is 13.7 Å². The van der Waals surface area contributed by atoms with E-state index in [4.69, 9.17) is 11.6 Å². The molecule has 0 radical (unpaired) electrons. The highest BCUT2D eigenvalue weighted by Crippen LogP contribution is 2.34.